The molecule has 0 radical (unpaired) electrons. The first-order valence-corrected chi connectivity index (χ1v) is 19.8. The Balaban J connectivity index is 1.06. The molecule has 0 aliphatic heterocycles. The van der Waals surface area contributed by atoms with E-state index in [4.69, 9.17) is 19.4 Å². The Bertz CT molecular complexity index is 3540. The molecule has 8 aromatic carbocycles. The Morgan fingerprint density at radius 3 is 1.81 bits per heavy atom. The number of aromatic nitrogens is 4. The first-order chi connectivity index (χ1) is 28.2. The monoisotopic (exact) mass is 746 g/mol. The van der Waals surface area contributed by atoms with Crippen molar-refractivity contribution in [3.63, 3.8) is 0 Å². The third-order valence-electron chi connectivity index (χ3n) is 11.1. The number of furan rings is 1. The van der Waals surface area contributed by atoms with Crippen molar-refractivity contribution in [1.82, 2.24) is 19.5 Å². The maximum atomic E-state index is 6.32. The summed E-state index contributed by atoms with van der Waals surface area (Å²) in [7, 11) is 0. The van der Waals surface area contributed by atoms with E-state index in [1.165, 1.54) is 42.1 Å². The molecule has 0 bridgehead atoms. The molecule has 0 saturated carbocycles. The smallest absolute Gasteiger partial charge is 0.164 e. The van der Waals surface area contributed by atoms with E-state index in [9.17, 15) is 0 Å². The van der Waals surface area contributed by atoms with Crippen LogP contribution in [0.4, 0.5) is 0 Å². The minimum Gasteiger partial charge on any atom is -0.456 e. The minimum absolute atomic E-state index is 0.586. The van der Waals surface area contributed by atoms with E-state index >= 15 is 0 Å². The van der Waals surface area contributed by atoms with Gasteiger partial charge in [-0.1, -0.05) is 115 Å². The summed E-state index contributed by atoms with van der Waals surface area (Å²) in [5.74, 6) is 1.80. The van der Waals surface area contributed by atoms with Gasteiger partial charge in [-0.15, -0.1) is 11.3 Å². The van der Waals surface area contributed by atoms with Crippen molar-refractivity contribution in [1.29, 1.82) is 0 Å². The van der Waals surface area contributed by atoms with Crippen molar-refractivity contribution in [3.05, 3.63) is 182 Å². The van der Waals surface area contributed by atoms with Crippen molar-refractivity contribution >= 4 is 75.3 Å². The van der Waals surface area contributed by atoms with Gasteiger partial charge in [0.15, 0.2) is 17.5 Å². The fraction of sp³-hybridized carbons (Fsp3) is 0. The lowest BCUT2D eigenvalue weighted by Gasteiger charge is -2.12. The van der Waals surface area contributed by atoms with Gasteiger partial charge in [0, 0.05) is 64.1 Å². The van der Waals surface area contributed by atoms with E-state index in [0.717, 1.165) is 55.3 Å². The van der Waals surface area contributed by atoms with Gasteiger partial charge in [-0.05, 0) is 77.9 Å². The van der Waals surface area contributed by atoms with Crippen LogP contribution >= 0.6 is 11.3 Å². The zero-order valence-electron chi connectivity index (χ0n) is 30.4. The zero-order valence-corrected chi connectivity index (χ0v) is 31.2. The third-order valence-corrected chi connectivity index (χ3v) is 12.2. The molecular formula is C51H30N4OS. The van der Waals surface area contributed by atoms with E-state index in [1.54, 1.807) is 11.3 Å². The van der Waals surface area contributed by atoms with Crippen molar-refractivity contribution in [2.45, 2.75) is 0 Å². The highest BCUT2D eigenvalue weighted by Crippen LogP contribution is 2.39. The van der Waals surface area contributed by atoms with Crippen molar-refractivity contribution in [2.75, 3.05) is 0 Å². The van der Waals surface area contributed by atoms with Gasteiger partial charge in [-0.3, -0.25) is 0 Å². The quantitative estimate of drug-likeness (QED) is 0.176. The number of thiophene rings is 1. The van der Waals surface area contributed by atoms with Gasteiger partial charge >= 0.3 is 0 Å². The number of fused-ring (bicyclic) bond motifs is 9. The largest absolute Gasteiger partial charge is 0.456 e. The van der Waals surface area contributed by atoms with Crippen molar-refractivity contribution in [3.8, 4) is 51.0 Å². The van der Waals surface area contributed by atoms with Gasteiger partial charge in [0.25, 0.3) is 0 Å². The Morgan fingerprint density at radius 2 is 0.947 bits per heavy atom. The summed E-state index contributed by atoms with van der Waals surface area (Å²) in [4.78, 5) is 15.6. The topological polar surface area (TPSA) is 56.7 Å². The number of hydrogen-bond donors (Lipinski definition) is 0. The highest BCUT2D eigenvalue weighted by atomic mass is 32.1. The van der Waals surface area contributed by atoms with E-state index in [2.05, 4.69) is 162 Å². The van der Waals surface area contributed by atoms with E-state index in [1.807, 2.05) is 24.3 Å². The van der Waals surface area contributed by atoms with Crippen LogP contribution in [-0.2, 0) is 0 Å². The van der Waals surface area contributed by atoms with E-state index in [-0.39, 0.29) is 0 Å². The van der Waals surface area contributed by atoms with Crippen LogP contribution in [0.25, 0.3) is 115 Å². The predicted molar refractivity (Wildman–Crippen MR) is 236 cm³/mol. The third kappa shape index (κ3) is 5.19. The summed E-state index contributed by atoms with van der Waals surface area (Å²) in [5.41, 5.74) is 10.0. The molecular weight excluding hydrogens is 717 g/mol. The number of rotatable bonds is 5. The second-order valence-electron chi connectivity index (χ2n) is 14.4. The standard InChI is InChI=1S/C51H30N4OS/c1-2-11-31(12-3-1)32-21-24-38-37-15-4-7-18-43(37)55(44(38)29-32)36-14-10-13-33(27-36)49-52-50(34-23-26-48-42(28-34)41-17-6-9-20-47(41)57-48)54-51(53-49)35-22-25-40-39-16-5-8-19-45(39)56-46(40)30-35/h1-30H. The Hall–Kier alpha value is -7.41. The highest BCUT2D eigenvalue weighted by Gasteiger charge is 2.18. The average molecular weight is 747 g/mol. The Labute approximate surface area is 330 Å². The predicted octanol–water partition coefficient (Wildman–Crippen LogP) is 13.9. The van der Waals surface area contributed by atoms with Gasteiger partial charge in [0.1, 0.15) is 11.2 Å². The van der Waals surface area contributed by atoms with E-state index < -0.39 is 0 Å². The first kappa shape index (κ1) is 31.9. The maximum absolute atomic E-state index is 6.32. The number of benzene rings is 8. The molecule has 6 heteroatoms. The molecule has 4 aromatic heterocycles. The maximum Gasteiger partial charge on any atom is 0.164 e. The molecule has 0 aliphatic rings. The van der Waals surface area contributed by atoms with Gasteiger partial charge in [0.05, 0.1) is 11.0 Å². The molecule has 57 heavy (non-hydrogen) atoms. The average Bonchev–Trinajstić information content (AvgIpc) is 3.95. The summed E-state index contributed by atoms with van der Waals surface area (Å²) >= 11 is 1.80. The molecule has 0 unspecified atom stereocenters. The Kier molecular flexibility index (Phi) is 7.03. The minimum atomic E-state index is 0.586. The van der Waals surface area contributed by atoms with Gasteiger partial charge in [0.2, 0.25) is 0 Å². The van der Waals surface area contributed by atoms with Crippen molar-refractivity contribution in [2.24, 2.45) is 0 Å². The molecule has 0 amide bonds. The summed E-state index contributed by atoms with van der Waals surface area (Å²) in [6.07, 6.45) is 0. The fourth-order valence-electron chi connectivity index (χ4n) is 8.34. The summed E-state index contributed by atoms with van der Waals surface area (Å²) < 4.78 is 11.2. The molecule has 12 rings (SSSR count). The van der Waals surface area contributed by atoms with Crippen LogP contribution < -0.4 is 0 Å². The molecule has 0 N–H and O–H groups in total. The lowest BCUT2D eigenvalue weighted by Crippen LogP contribution is -2.01. The normalized spacial score (nSPS) is 11.9. The van der Waals surface area contributed by atoms with Crippen LogP contribution in [0.1, 0.15) is 0 Å². The summed E-state index contributed by atoms with van der Waals surface area (Å²) in [6.45, 7) is 0. The molecule has 0 fully saturated rings. The summed E-state index contributed by atoms with van der Waals surface area (Å²) in [6, 6.07) is 64.0. The van der Waals surface area contributed by atoms with Crippen molar-refractivity contribution < 1.29 is 4.42 Å². The zero-order chi connectivity index (χ0) is 37.5. The molecule has 0 spiro atoms. The van der Waals surface area contributed by atoms with Crippen LogP contribution in [0.15, 0.2) is 186 Å². The first-order valence-electron chi connectivity index (χ1n) is 19.0. The van der Waals surface area contributed by atoms with Gasteiger partial charge in [-0.25, -0.2) is 15.0 Å². The van der Waals surface area contributed by atoms with Gasteiger partial charge < -0.3 is 8.98 Å². The fourth-order valence-corrected chi connectivity index (χ4v) is 9.42. The molecule has 0 atom stereocenters. The van der Waals surface area contributed by atoms with Crippen LogP contribution in [0.5, 0.6) is 0 Å². The lowest BCUT2D eigenvalue weighted by atomic mass is 10.0. The SMILES string of the molecule is c1ccc(-c2ccc3c4ccccc4n(-c4cccc(-c5nc(-c6ccc7c(c6)oc6ccccc67)nc(-c6ccc7sc8ccccc8c7c6)n5)c4)c3c2)cc1. The molecule has 0 saturated heterocycles. The number of nitrogens with zero attached hydrogens (tertiary/aromatic N) is 4. The van der Waals surface area contributed by atoms with Crippen LogP contribution in [-0.4, -0.2) is 19.5 Å². The van der Waals surface area contributed by atoms with Crippen LogP contribution in [0, 0.1) is 0 Å². The molecule has 5 nitrogen and oxygen atoms in total. The number of para-hydroxylation sites is 2. The van der Waals surface area contributed by atoms with Crippen LogP contribution in [0.3, 0.4) is 0 Å². The van der Waals surface area contributed by atoms with Gasteiger partial charge in [-0.2, -0.15) is 0 Å². The number of hydrogen-bond acceptors (Lipinski definition) is 5. The molecule has 0 aliphatic carbocycles. The highest BCUT2D eigenvalue weighted by molar-refractivity contribution is 7.25. The summed E-state index contributed by atoms with van der Waals surface area (Å²) in [5, 5.41) is 7.00. The molecule has 12 aromatic rings. The second-order valence-corrected chi connectivity index (χ2v) is 15.5. The van der Waals surface area contributed by atoms with E-state index in [0.29, 0.717) is 17.5 Å². The Morgan fingerprint density at radius 1 is 0.351 bits per heavy atom. The van der Waals surface area contributed by atoms with Crippen LogP contribution in [0.2, 0.25) is 0 Å². The second kappa shape index (κ2) is 12.6. The lowest BCUT2D eigenvalue weighted by molar-refractivity contribution is 0.669. The molecule has 4 heterocycles. The molecule has 266 valence electrons.